The normalized spacial score (nSPS) is 11.1. The smallest absolute Gasteiger partial charge is 0.224 e. The van der Waals surface area contributed by atoms with Gasteiger partial charge in [-0.2, -0.15) is 31.1 Å². The van der Waals surface area contributed by atoms with Gasteiger partial charge in [0, 0.05) is 22.5 Å². The van der Waals surface area contributed by atoms with E-state index >= 15 is 0 Å². The van der Waals surface area contributed by atoms with Gasteiger partial charge in [-0.15, -0.1) is 0 Å². The average Bonchev–Trinajstić information content (AvgIpc) is 3.10. The molecule has 0 saturated carbocycles. The number of thiophene rings is 1. The summed E-state index contributed by atoms with van der Waals surface area (Å²) in [5, 5.41) is 17.2. The molecule has 19 heavy (non-hydrogen) atoms. The van der Waals surface area contributed by atoms with Crippen LogP contribution >= 0.6 is 34.6 Å². The van der Waals surface area contributed by atoms with Crippen LogP contribution in [0.5, 0.6) is 0 Å². The van der Waals surface area contributed by atoms with Gasteiger partial charge >= 0.3 is 0 Å². The number of hydrogen-bond donors (Lipinski definition) is 1. The Labute approximate surface area is 121 Å². The van der Waals surface area contributed by atoms with Gasteiger partial charge in [0.1, 0.15) is 6.07 Å². The highest BCUT2D eigenvalue weighted by molar-refractivity contribution is 7.98. The SMILES string of the molecule is CSc1nsc(N/N=C(/C#N)C(=O)c2ccsc2)n1. The van der Waals surface area contributed by atoms with Crippen molar-refractivity contribution in [3.8, 4) is 6.07 Å². The highest BCUT2D eigenvalue weighted by atomic mass is 32.2. The maximum atomic E-state index is 11.9. The van der Waals surface area contributed by atoms with Crippen molar-refractivity contribution in [2.75, 3.05) is 11.7 Å². The van der Waals surface area contributed by atoms with E-state index in [1.54, 1.807) is 22.9 Å². The first-order valence-corrected chi connectivity index (χ1v) is 7.87. The predicted octanol–water partition coefficient (Wildman–Crippen LogP) is 2.50. The van der Waals surface area contributed by atoms with Crippen molar-refractivity contribution >= 4 is 51.3 Å². The van der Waals surface area contributed by atoms with Crippen LogP contribution in [0.2, 0.25) is 0 Å². The van der Waals surface area contributed by atoms with Gasteiger partial charge < -0.3 is 0 Å². The molecule has 0 aliphatic carbocycles. The van der Waals surface area contributed by atoms with Crippen molar-refractivity contribution in [3.63, 3.8) is 0 Å². The summed E-state index contributed by atoms with van der Waals surface area (Å²) in [6.07, 6.45) is 1.86. The maximum absolute atomic E-state index is 11.9. The fraction of sp³-hybridized carbons (Fsp3) is 0.100. The standard InChI is InChI=1S/C10H7N5OS3/c1-17-10-12-9(19-15-10)14-13-7(4-11)8(16)6-2-3-18-5-6/h2-3,5H,1H3,(H,12,14,15)/b13-7-. The lowest BCUT2D eigenvalue weighted by Crippen LogP contribution is -2.13. The van der Waals surface area contributed by atoms with Gasteiger partial charge in [-0.3, -0.25) is 4.79 Å². The van der Waals surface area contributed by atoms with E-state index in [0.29, 0.717) is 15.9 Å². The molecule has 2 rings (SSSR count). The Balaban J connectivity index is 2.12. The first kappa shape index (κ1) is 13.7. The summed E-state index contributed by atoms with van der Waals surface area (Å²) < 4.78 is 4.03. The molecule has 0 radical (unpaired) electrons. The number of Topliss-reactive ketones (excluding diaryl/α,β-unsaturated/α-hetero) is 1. The molecule has 0 unspecified atom stereocenters. The first-order valence-electron chi connectivity index (χ1n) is 4.93. The van der Waals surface area contributed by atoms with Crippen LogP contribution in [0, 0.1) is 11.3 Å². The van der Waals surface area contributed by atoms with Gasteiger partial charge in [-0.05, 0) is 17.7 Å². The van der Waals surface area contributed by atoms with Crippen molar-refractivity contribution in [2.45, 2.75) is 5.16 Å². The molecule has 9 heteroatoms. The molecule has 0 saturated heterocycles. The van der Waals surface area contributed by atoms with Crippen LogP contribution in [0.25, 0.3) is 0 Å². The van der Waals surface area contributed by atoms with Gasteiger partial charge in [0.05, 0.1) is 0 Å². The number of nitriles is 1. The molecule has 0 bridgehead atoms. The van der Waals surface area contributed by atoms with Crippen LogP contribution in [-0.4, -0.2) is 27.1 Å². The van der Waals surface area contributed by atoms with Crippen LogP contribution in [0.3, 0.4) is 0 Å². The molecule has 1 N–H and O–H groups in total. The van der Waals surface area contributed by atoms with E-state index in [4.69, 9.17) is 5.26 Å². The largest absolute Gasteiger partial charge is 0.286 e. The van der Waals surface area contributed by atoms with Crippen LogP contribution in [0.4, 0.5) is 5.13 Å². The zero-order chi connectivity index (χ0) is 13.7. The Morgan fingerprint density at radius 3 is 3.05 bits per heavy atom. The van der Waals surface area contributed by atoms with Crippen LogP contribution in [0.1, 0.15) is 10.4 Å². The second kappa shape index (κ2) is 6.42. The van der Waals surface area contributed by atoms with E-state index in [9.17, 15) is 4.79 Å². The molecule has 0 aromatic carbocycles. The molecule has 2 aromatic rings. The van der Waals surface area contributed by atoms with Crippen molar-refractivity contribution in [3.05, 3.63) is 22.4 Å². The van der Waals surface area contributed by atoms with Crippen LogP contribution in [-0.2, 0) is 0 Å². The summed E-state index contributed by atoms with van der Waals surface area (Å²) in [6.45, 7) is 0. The molecular formula is C10H7N5OS3. The quantitative estimate of drug-likeness (QED) is 0.395. The lowest BCUT2D eigenvalue weighted by atomic mass is 10.1. The Bertz CT molecular complexity index is 640. The molecule has 96 valence electrons. The fourth-order valence-electron chi connectivity index (χ4n) is 1.10. The molecule has 2 aromatic heterocycles. The van der Waals surface area contributed by atoms with Gasteiger partial charge in [0.2, 0.25) is 21.8 Å². The number of carbonyl (C=O) groups is 1. The minimum Gasteiger partial charge on any atom is -0.286 e. The number of nitrogens with one attached hydrogen (secondary N) is 1. The van der Waals surface area contributed by atoms with Gasteiger partial charge in [0.15, 0.2) is 0 Å². The number of hydrazone groups is 1. The minimum atomic E-state index is -0.411. The van der Waals surface area contributed by atoms with E-state index < -0.39 is 5.78 Å². The van der Waals surface area contributed by atoms with E-state index in [1.165, 1.54) is 23.1 Å². The van der Waals surface area contributed by atoms with Gasteiger partial charge in [-0.25, -0.2) is 5.43 Å². The van der Waals surface area contributed by atoms with E-state index in [-0.39, 0.29) is 5.71 Å². The Hall–Kier alpha value is -1.76. The number of carbonyl (C=O) groups excluding carboxylic acids is 1. The Morgan fingerprint density at radius 1 is 1.63 bits per heavy atom. The second-order valence-corrected chi connectivity index (χ2v) is 5.42. The molecule has 0 spiro atoms. The Kier molecular flexibility index (Phi) is 4.62. The fourth-order valence-corrected chi connectivity index (χ4v) is 2.80. The summed E-state index contributed by atoms with van der Waals surface area (Å²) in [5.74, 6) is -0.411. The third-order valence-electron chi connectivity index (χ3n) is 1.96. The number of anilines is 1. The third kappa shape index (κ3) is 3.37. The van der Waals surface area contributed by atoms with Crippen molar-refractivity contribution in [2.24, 2.45) is 5.10 Å². The molecule has 0 aliphatic heterocycles. The number of rotatable bonds is 5. The zero-order valence-corrected chi connectivity index (χ0v) is 12.1. The summed E-state index contributed by atoms with van der Waals surface area (Å²) in [5.41, 5.74) is 2.82. The highest BCUT2D eigenvalue weighted by Gasteiger charge is 2.14. The van der Waals surface area contributed by atoms with Crippen molar-refractivity contribution in [1.29, 1.82) is 5.26 Å². The van der Waals surface area contributed by atoms with Crippen molar-refractivity contribution < 1.29 is 4.79 Å². The minimum absolute atomic E-state index is 0.209. The number of aromatic nitrogens is 2. The molecule has 0 atom stereocenters. The highest BCUT2D eigenvalue weighted by Crippen LogP contribution is 2.17. The molecular weight excluding hydrogens is 302 g/mol. The van der Waals surface area contributed by atoms with E-state index in [0.717, 1.165) is 11.5 Å². The van der Waals surface area contributed by atoms with Gasteiger partial charge in [-0.1, -0.05) is 11.8 Å². The lowest BCUT2D eigenvalue weighted by molar-refractivity contribution is 0.106. The second-order valence-electron chi connectivity index (χ2n) is 3.11. The topological polar surface area (TPSA) is 91.0 Å². The van der Waals surface area contributed by atoms with Crippen molar-refractivity contribution in [1.82, 2.24) is 9.36 Å². The maximum Gasteiger partial charge on any atom is 0.224 e. The third-order valence-corrected chi connectivity index (χ3v) is 3.92. The number of thioether (sulfide) groups is 1. The monoisotopic (exact) mass is 309 g/mol. The summed E-state index contributed by atoms with van der Waals surface area (Å²) >= 11 is 3.91. The molecule has 0 fully saturated rings. The van der Waals surface area contributed by atoms with Crippen LogP contribution in [0.15, 0.2) is 27.1 Å². The molecule has 0 aliphatic rings. The first-order chi connectivity index (χ1) is 9.24. The summed E-state index contributed by atoms with van der Waals surface area (Å²) in [7, 11) is 0. The Morgan fingerprint density at radius 2 is 2.47 bits per heavy atom. The summed E-state index contributed by atoms with van der Waals surface area (Å²) in [6, 6.07) is 3.42. The number of ketones is 1. The number of hydrogen-bond acceptors (Lipinski definition) is 9. The molecule has 2 heterocycles. The number of nitrogens with zero attached hydrogens (tertiary/aromatic N) is 4. The predicted molar refractivity (Wildman–Crippen MR) is 77.0 cm³/mol. The van der Waals surface area contributed by atoms with Gasteiger partial charge in [0.25, 0.3) is 0 Å². The van der Waals surface area contributed by atoms with Crippen LogP contribution < -0.4 is 5.43 Å². The summed E-state index contributed by atoms with van der Waals surface area (Å²) in [4.78, 5) is 16.0. The lowest BCUT2D eigenvalue weighted by Gasteiger charge is -1.95. The van der Waals surface area contributed by atoms with E-state index in [1.807, 2.05) is 6.26 Å². The van der Waals surface area contributed by atoms with E-state index in [2.05, 4.69) is 19.9 Å². The zero-order valence-electron chi connectivity index (χ0n) is 9.65. The molecule has 0 amide bonds. The average molecular weight is 309 g/mol. The molecule has 6 nitrogen and oxygen atoms in total.